The summed E-state index contributed by atoms with van der Waals surface area (Å²) in [5.74, 6) is 0. The fourth-order valence-corrected chi connectivity index (χ4v) is 3.71. The molecule has 4 aromatic carbocycles. The van der Waals surface area contributed by atoms with Gasteiger partial charge in [-0.2, -0.15) is 0 Å². The van der Waals surface area contributed by atoms with Gasteiger partial charge in [0, 0.05) is 22.4 Å². The summed E-state index contributed by atoms with van der Waals surface area (Å²) in [7, 11) is 0. The first kappa shape index (κ1) is 15.5. The molecule has 27 heavy (non-hydrogen) atoms. The Morgan fingerprint density at radius 1 is 0.704 bits per heavy atom. The third-order valence-corrected chi connectivity index (χ3v) is 4.92. The van der Waals surface area contributed by atoms with Gasteiger partial charge in [-0.05, 0) is 35.0 Å². The van der Waals surface area contributed by atoms with E-state index in [0.717, 1.165) is 38.1 Å². The lowest BCUT2D eigenvalue weighted by molar-refractivity contribution is -0.384. The molecule has 1 aromatic heterocycles. The molecular formula is C23H14N2O2. The molecule has 0 unspecified atom stereocenters. The van der Waals surface area contributed by atoms with Gasteiger partial charge in [-0.25, -0.2) is 4.98 Å². The van der Waals surface area contributed by atoms with Crippen molar-refractivity contribution in [3.05, 3.63) is 95.0 Å². The molecule has 4 heteroatoms. The summed E-state index contributed by atoms with van der Waals surface area (Å²) >= 11 is 0. The van der Waals surface area contributed by atoms with E-state index in [0.29, 0.717) is 5.56 Å². The van der Waals surface area contributed by atoms with Crippen molar-refractivity contribution in [2.45, 2.75) is 0 Å². The summed E-state index contributed by atoms with van der Waals surface area (Å²) in [6.07, 6.45) is 0. The smallest absolute Gasteiger partial charge is 0.258 e. The van der Waals surface area contributed by atoms with E-state index in [1.54, 1.807) is 12.1 Å². The van der Waals surface area contributed by atoms with Gasteiger partial charge >= 0.3 is 0 Å². The maximum atomic E-state index is 11.7. The van der Waals surface area contributed by atoms with Crippen molar-refractivity contribution in [2.75, 3.05) is 0 Å². The van der Waals surface area contributed by atoms with Crippen molar-refractivity contribution in [1.82, 2.24) is 4.98 Å². The summed E-state index contributed by atoms with van der Waals surface area (Å²) in [5.41, 5.74) is 3.23. The fraction of sp³-hybridized carbons (Fsp3) is 0. The lowest BCUT2D eigenvalue weighted by Gasteiger charge is -2.12. The molecule has 0 radical (unpaired) electrons. The first-order valence-corrected chi connectivity index (χ1v) is 8.67. The van der Waals surface area contributed by atoms with Gasteiger partial charge in [0.25, 0.3) is 5.69 Å². The standard InChI is InChI=1S/C23H14N2O2/c26-25(27)22-12-6-4-10-18(22)23-17-9-3-5-11-20(17)24-21-14-16-8-2-1-7-15(16)13-19(21)23/h1-14H. The number of benzene rings is 4. The molecule has 4 nitrogen and oxygen atoms in total. The van der Waals surface area contributed by atoms with Gasteiger partial charge in [-0.1, -0.05) is 54.6 Å². The maximum absolute atomic E-state index is 11.7. The molecule has 0 amide bonds. The topological polar surface area (TPSA) is 56.0 Å². The van der Waals surface area contributed by atoms with Gasteiger partial charge < -0.3 is 0 Å². The van der Waals surface area contributed by atoms with Gasteiger partial charge in [0.1, 0.15) is 0 Å². The highest BCUT2D eigenvalue weighted by Gasteiger charge is 2.19. The molecule has 0 aliphatic carbocycles. The van der Waals surface area contributed by atoms with Crippen molar-refractivity contribution < 1.29 is 4.92 Å². The third-order valence-electron chi connectivity index (χ3n) is 4.92. The van der Waals surface area contributed by atoms with Crippen molar-refractivity contribution in [2.24, 2.45) is 0 Å². The second kappa shape index (κ2) is 5.88. The summed E-state index contributed by atoms with van der Waals surface area (Å²) in [4.78, 5) is 16.2. The minimum absolute atomic E-state index is 0.100. The number of fused-ring (bicyclic) bond motifs is 3. The van der Waals surface area contributed by atoms with Crippen LogP contribution in [0.2, 0.25) is 0 Å². The van der Waals surface area contributed by atoms with Crippen LogP contribution in [0.4, 0.5) is 5.69 Å². The molecule has 0 N–H and O–H groups in total. The molecule has 0 aliphatic rings. The molecule has 0 saturated heterocycles. The predicted octanol–water partition coefficient (Wildman–Crippen LogP) is 6.12. The van der Waals surface area contributed by atoms with Crippen molar-refractivity contribution in [3.63, 3.8) is 0 Å². The lowest BCUT2D eigenvalue weighted by Crippen LogP contribution is -1.94. The Kier molecular flexibility index (Phi) is 3.37. The normalized spacial score (nSPS) is 11.3. The summed E-state index contributed by atoms with van der Waals surface area (Å²) in [5, 5.41) is 15.7. The van der Waals surface area contributed by atoms with Crippen molar-refractivity contribution >= 4 is 38.3 Å². The zero-order chi connectivity index (χ0) is 18.4. The fourth-order valence-electron chi connectivity index (χ4n) is 3.71. The van der Waals surface area contributed by atoms with Crippen LogP contribution in [0.1, 0.15) is 0 Å². The molecule has 0 atom stereocenters. The van der Waals surface area contributed by atoms with Crippen LogP contribution in [-0.4, -0.2) is 9.91 Å². The predicted molar refractivity (Wildman–Crippen MR) is 109 cm³/mol. The first-order valence-electron chi connectivity index (χ1n) is 8.67. The Balaban J connectivity index is 2.02. The largest absolute Gasteiger partial charge is 0.277 e. The average molecular weight is 350 g/mol. The Morgan fingerprint density at radius 2 is 1.37 bits per heavy atom. The van der Waals surface area contributed by atoms with E-state index in [9.17, 15) is 10.1 Å². The molecule has 1 heterocycles. The average Bonchev–Trinajstić information content (AvgIpc) is 2.70. The van der Waals surface area contributed by atoms with E-state index >= 15 is 0 Å². The number of nitro benzene ring substituents is 1. The van der Waals surface area contributed by atoms with E-state index in [2.05, 4.69) is 18.2 Å². The number of nitrogens with zero attached hydrogens (tertiary/aromatic N) is 2. The maximum Gasteiger partial charge on any atom is 0.277 e. The zero-order valence-electron chi connectivity index (χ0n) is 14.3. The molecular weight excluding hydrogens is 336 g/mol. The van der Waals surface area contributed by atoms with Crippen LogP contribution in [-0.2, 0) is 0 Å². The van der Waals surface area contributed by atoms with Gasteiger partial charge in [0.2, 0.25) is 0 Å². The molecule has 5 aromatic rings. The number of nitro groups is 1. The van der Waals surface area contributed by atoms with E-state index in [4.69, 9.17) is 4.98 Å². The number of rotatable bonds is 2. The number of aromatic nitrogens is 1. The molecule has 0 saturated carbocycles. The van der Waals surface area contributed by atoms with Gasteiger partial charge in [-0.15, -0.1) is 0 Å². The van der Waals surface area contributed by atoms with Crippen LogP contribution < -0.4 is 0 Å². The van der Waals surface area contributed by atoms with Crippen molar-refractivity contribution in [1.29, 1.82) is 0 Å². The van der Waals surface area contributed by atoms with Crippen LogP contribution in [0.25, 0.3) is 43.7 Å². The molecule has 5 rings (SSSR count). The molecule has 0 spiro atoms. The summed E-state index contributed by atoms with van der Waals surface area (Å²) in [6, 6.07) is 26.9. The van der Waals surface area contributed by atoms with Gasteiger partial charge in [-0.3, -0.25) is 10.1 Å². The van der Waals surface area contributed by atoms with Crippen LogP contribution in [0.15, 0.2) is 84.9 Å². The Hall–Kier alpha value is -3.79. The summed E-state index contributed by atoms with van der Waals surface area (Å²) in [6.45, 7) is 0. The Bertz CT molecular complexity index is 1350. The van der Waals surface area contributed by atoms with E-state index in [-0.39, 0.29) is 10.6 Å². The highest BCUT2D eigenvalue weighted by atomic mass is 16.6. The number of para-hydroxylation sites is 2. The monoisotopic (exact) mass is 350 g/mol. The second-order valence-electron chi connectivity index (χ2n) is 6.49. The van der Waals surface area contributed by atoms with E-state index in [1.807, 2.05) is 54.6 Å². The van der Waals surface area contributed by atoms with E-state index in [1.165, 1.54) is 0 Å². The van der Waals surface area contributed by atoms with Crippen LogP contribution in [0.3, 0.4) is 0 Å². The minimum Gasteiger partial charge on any atom is -0.258 e. The molecule has 0 aliphatic heterocycles. The molecule has 0 bridgehead atoms. The first-order chi connectivity index (χ1) is 13.2. The number of hydrogen-bond acceptors (Lipinski definition) is 3. The van der Waals surface area contributed by atoms with E-state index < -0.39 is 0 Å². The van der Waals surface area contributed by atoms with Gasteiger partial charge in [0.15, 0.2) is 0 Å². The number of pyridine rings is 1. The lowest BCUT2D eigenvalue weighted by atomic mass is 9.93. The zero-order valence-corrected chi connectivity index (χ0v) is 14.3. The quantitative estimate of drug-likeness (QED) is 0.219. The highest BCUT2D eigenvalue weighted by molar-refractivity contribution is 6.13. The van der Waals surface area contributed by atoms with Gasteiger partial charge in [0.05, 0.1) is 21.5 Å². The summed E-state index contributed by atoms with van der Waals surface area (Å²) < 4.78 is 0. The number of hydrogen-bond donors (Lipinski definition) is 0. The molecule has 0 fully saturated rings. The Labute approximate surface area is 154 Å². The van der Waals surface area contributed by atoms with Crippen molar-refractivity contribution in [3.8, 4) is 11.1 Å². The van der Waals surface area contributed by atoms with Crippen LogP contribution in [0.5, 0.6) is 0 Å². The molecule has 128 valence electrons. The third kappa shape index (κ3) is 2.42. The minimum atomic E-state index is -0.322. The second-order valence-corrected chi connectivity index (χ2v) is 6.49. The Morgan fingerprint density at radius 3 is 2.19 bits per heavy atom. The SMILES string of the molecule is O=[N+]([O-])c1ccccc1-c1c2ccccc2nc2cc3ccccc3cc12. The van der Waals surface area contributed by atoms with Crippen LogP contribution >= 0.6 is 0 Å². The van der Waals surface area contributed by atoms with Crippen LogP contribution in [0, 0.1) is 10.1 Å². The highest BCUT2D eigenvalue weighted by Crippen LogP contribution is 2.40.